The Morgan fingerprint density at radius 2 is 1.68 bits per heavy atom. The summed E-state index contributed by atoms with van der Waals surface area (Å²) in [6, 6.07) is 18.6. The van der Waals surface area contributed by atoms with E-state index in [-0.39, 0.29) is 17.3 Å². The van der Waals surface area contributed by atoms with Crippen LogP contribution in [-0.2, 0) is 9.59 Å². The van der Waals surface area contributed by atoms with E-state index in [0.717, 1.165) is 12.0 Å². The molecule has 3 aromatic carbocycles. The normalized spacial score (nSPS) is 16.7. The molecule has 3 aromatic rings. The van der Waals surface area contributed by atoms with Crippen LogP contribution in [0.2, 0.25) is 0 Å². The Balaban J connectivity index is 1.92. The maximum atomic E-state index is 13.5. The van der Waals surface area contributed by atoms with Gasteiger partial charge in [0, 0.05) is 11.3 Å². The quantitative estimate of drug-likeness (QED) is 0.206. The summed E-state index contributed by atoms with van der Waals surface area (Å²) in [5.41, 5.74) is 2.48. The summed E-state index contributed by atoms with van der Waals surface area (Å²) in [6.07, 6.45) is 0.837. The molecule has 198 valence electrons. The predicted octanol–water partition coefficient (Wildman–Crippen LogP) is 6.24. The van der Waals surface area contributed by atoms with Gasteiger partial charge in [-0.3, -0.25) is 14.5 Å². The molecule has 1 fully saturated rings. The molecular weight excluding hydrogens is 482 g/mol. The van der Waals surface area contributed by atoms with E-state index in [2.05, 4.69) is 0 Å². The van der Waals surface area contributed by atoms with E-state index in [4.69, 9.17) is 14.2 Å². The van der Waals surface area contributed by atoms with E-state index in [1.165, 1.54) is 4.90 Å². The van der Waals surface area contributed by atoms with Crippen molar-refractivity contribution in [3.05, 3.63) is 89.0 Å². The predicted molar refractivity (Wildman–Crippen MR) is 147 cm³/mol. The van der Waals surface area contributed by atoms with Crippen LogP contribution in [0.5, 0.6) is 17.2 Å². The van der Waals surface area contributed by atoms with Crippen LogP contribution in [0.4, 0.5) is 5.69 Å². The molecular formula is C31H33NO6. The fraction of sp³-hybridized carbons (Fsp3) is 0.290. The van der Waals surface area contributed by atoms with Gasteiger partial charge in [-0.2, -0.15) is 0 Å². The molecule has 1 aliphatic rings. The third-order valence-electron chi connectivity index (χ3n) is 6.57. The topological polar surface area (TPSA) is 85.3 Å². The molecule has 4 rings (SSSR count). The standard InChI is InChI=1S/C31H33NO6/c1-6-16-38-24-9-7-8-20(17-24)28-27(29(33)21-10-15-26(37-5)25(18-21)19(2)3)30(34)31(35)32(28)22-11-13-23(36-4)14-12-22/h7-15,17-19,28,33H,6,16H2,1-5H3/b29-27+. The van der Waals surface area contributed by atoms with Gasteiger partial charge in [0.1, 0.15) is 23.0 Å². The number of methoxy groups -OCH3 is 2. The molecule has 1 amide bonds. The molecule has 1 heterocycles. The van der Waals surface area contributed by atoms with Crippen molar-refractivity contribution in [3.8, 4) is 17.2 Å². The number of ketones is 1. The summed E-state index contributed by atoms with van der Waals surface area (Å²) >= 11 is 0. The summed E-state index contributed by atoms with van der Waals surface area (Å²) < 4.78 is 16.6. The molecule has 1 saturated heterocycles. The van der Waals surface area contributed by atoms with E-state index in [9.17, 15) is 14.7 Å². The number of carbonyl (C=O) groups is 2. The average molecular weight is 516 g/mol. The molecule has 1 N–H and O–H groups in total. The maximum Gasteiger partial charge on any atom is 0.300 e. The number of carbonyl (C=O) groups excluding carboxylic acids is 2. The Kier molecular flexibility index (Phi) is 8.05. The van der Waals surface area contributed by atoms with Crippen LogP contribution in [0.15, 0.2) is 72.3 Å². The van der Waals surface area contributed by atoms with Crippen LogP contribution in [-0.4, -0.2) is 37.6 Å². The second-order valence-corrected chi connectivity index (χ2v) is 9.40. The number of rotatable bonds is 9. The van der Waals surface area contributed by atoms with Gasteiger partial charge in [-0.1, -0.05) is 32.9 Å². The van der Waals surface area contributed by atoms with Gasteiger partial charge in [-0.25, -0.2) is 0 Å². The van der Waals surface area contributed by atoms with Crippen molar-refractivity contribution < 1.29 is 28.9 Å². The third kappa shape index (κ3) is 5.09. The lowest BCUT2D eigenvalue weighted by Gasteiger charge is -2.26. The highest BCUT2D eigenvalue weighted by atomic mass is 16.5. The number of Topliss-reactive ketones (excluding diaryl/α,β-unsaturated/α-hetero) is 1. The minimum Gasteiger partial charge on any atom is -0.507 e. The first-order valence-corrected chi connectivity index (χ1v) is 12.7. The zero-order chi connectivity index (χ0) is 27.4. The highest BCUT2D eigenvalue weighted by Gasteiger charge is 2.47. The number of amides is 1. The zero-order valence-corrected chi connectivity index (χ0v) is 22.4. The average Bonchev–Trinajstić information content (AvgIpc) is 3.21. The summed E-state index contributed by atoms with van der Waals surface area (Å²) in [5.74, 6) is 0.320. The fourth-order valence-electron chi connectivity index (χ4n) is 4.64. The molecule has 1 aliphatic heterocycles. The lowest BCUT2D eigenvalue weighted by Crippen LogP contribution is -2.29. The fourth-order valence-corrected chi connectivity index (χ4v) is 4.64. The second kappa shape index (κ2) is 11.4. The number of aliphatic hydroxyl groups excluding tert-OH is 1. The lowest BCUT2D eigenvalue weighted by molar-refractivity contribution is -0.132. The van der Waals surface area contributed by atoms with Crippen LogP contribution in [0.25, 0.3) is 5.76 Å². The third-order valence-corrected chi connectivity index (χ3v) is 6.57. The zero-order valence-electron chi connectivity index (χ0n) is 22.4. The first-order valence-electron chi connectivity index (χ1n) is 12.7. The second-order valence-electron chi connectivity index (χ2n) is 9.40. The van der Waals surface area contributed by atoms with Gasteiger partial charge >= 0.3 is 0 Å². The van der Waals surface area contributed by atoms with Gasteiger partial charge in [0.05, 0.1) is 32.4 Å². The van der Waals surface area contributed by atoms with Crippen LogP contribution < -0.4 is 19.1 Å². The first-order chi connectivity index (χ1) is 18.3. The summed E-state index contributed by atoms with van der Waals surface area (Å²) in [7, 11) is 3.15. The first kappa shape index (κ1) is 26.8. The van der Waals surface area contributed by atoms with Crippen LogP contribution in [0, 0.1) is 0 Å². The highest BCUT2D eigenvalue weighted by molar-refractivity contribution is 6.51. The molecule has 0 radical (unpaired) electrons. The molecule has 38 heavy (non-hydrogen) atoms. The number of hydrogen-bond donors (Lipinski definition) is 1. The van der Waals surface area contributed by atoms with E-state index in [0.29, 0.717) is 40.7 Å². The number of aliphatic hydroxyl groups is 1. The molecule has 0 saturated carbocycles. The minimum atomic E-state index is -0.863. The van der Waals surface area contributed by atoms with Crippen molar-refractivity contribution in [1.82, 2.24) is 0 Å². The molecule has 7 nitrogen and oxygen atoms in total. The van der Waals surface area contributed by atoms with Crippen molar-refractivity contribution in [2.75, 3.05) is 25.7 Å². The Morgan fingerprint density at radius 1 is 0.947 bits per heavy atom. The Bertz CT molecular complexity index is 1360. The maximum absolute atomic E-state index is 13.5. The van der Waals surface area contributed by atoms with Crippen LogP contribution in [0.3, 0.4) is 0 Å². The molecule has 1 atom stereocenters. The Hall–Kier alpha value is -4.26. The highest BCUT2D eigenvalue weighted by Crippen LogP contribution is 2.43. The van der Waals surface area contributed by atoms with Gasteiger partial charge in [-0.15, -0.1) is 0 Å². The molecule has 0 aliphatic carbocycles. The molecule has 0 bridgehead atoms. The SMILES string of the molecule is CCCOc1cccc(C2/C(=C(\O)c3ccc(OC)c(C(C)C)c3)C(=O)C(=O)N2c2ccc(OC)cc2)c1. The number of anilines is 1. The molecule has 0 aromatic heterocycles. The monoisotopic (exact) mass is 515 g/mol. The smallest absolute Gasteiger partial charge is 0.300 e. The van der Waals surface area contributed by atoms with Crippen molar-refractivity contribution in [3.63, 3.8) is 0 Å². The van der Waals surface area contributed by atoms with E-state index in [1.807, 2.05) is 45.0 Å². The van der Waals surface area contributed by atoms with Gasteiger partial charge in [0.15, 0.2) is 0 Å². The van der Waals surface area contributed by atoms with Crippen molar-refractivity contribution >= 4 is 23.1 Å². The van der Waals surface area contributed by atoms with Crippen molar-refractivity contribution in [2.24, 2.45) is 0 Å². The van der Waals surface area contributed by atoms with E-state index in [1.54, 1.807) is 56.7 Å². The van der Waals surface area contributed by atoms with Gasteiger partial charge in [0.2, 0.25) is 0 Å². The van der Waals surface area contributed by atoms with Crippen LogP contribution in [0.1, 0.15) is 55.8 Å². The van der Waals surface area contributed by atoms with Crippen molar-refractivity contribution in [2.45, 2.75) is 39.2 Å². The van der Waals surface area contributed by atoms with Crippen molar-refractivity contribution in [1.29, 1.82) is 0 Å². The summed E-state index contributed by atoms with van der Waals surface area (Å²) in [5, 5.41) is 11.6. The number of nitrogens with zero attached hydrogens (tertiary/aromatic N) is 1. The van der Waals surface area contributed by atoms with E-state index < -0.39 is 17.7 Å². The molecule has 7 heteroatoms. The Labute approximate surface area is 223 Å². The van der Waals surface area contributed by atoms with E-state index >= 15 is 0 Å². The lowest BCUT2D eigenvalue weighted by atomic mass is 9.93. The Morgan fingerprint density at radius 3 is 2.32 bits per heavy atom. The number of hydrogen-bond acceptors (Lipinski definition) is 6. The number of benzene rings is 3. The number of ether oxygens (including phenoxy) is 3. The largest absolute Gasteiger partial charge is 0.507 e. The molecule has 0 spiro atoms. The molecule has 1 unspecified atom stereocenters. The summed E-state index contributed by atoms with van der Waals surface area (Å²) in [6.45, 7) is 6.59. The summed E-state index contributed by atoms with van der Waals surface area (Å²) in [4.78, 5) is 28.4. The minimum absolute atomic E-state index is 0.0123. The van der Waals surface area contributed by atoms with Gasteiger partial charge in [-0.05, 0) is 78.1 Å². The van der Waals surface area contributed by atoms with Gasteiger partial charge < -0.3 is 19.3 Å². The van der Waals surface area contributed by atoms with Gasteiger partial charge in [0.25, 0.3) is 11.7 Å². The van der Waals surface area contributed by atoms with Crippen LogP contribution >= 0.6 is 0 Å².